The van der Waals surface area contributed by atoms with Crippen molar-refractivity contribution in [1.29, 1.82) is 0 Å². The lowest BCUT2D eigenvalue weighted by Gasteiger charge is -2.27. The maximum atomic E-state index is 12.0. The summed E-state index contributed by atoms with van der Waals surface area (Å²) in [6.45, 7) is 2.98. The first-order valence-corrected chi connectivity index (χ1v) is 6.93. The molecule has 0 saturated heterocycles. The van der Waals surface area contributed by atoms with Crippen molar-refractivity contribution in [3.63, 3.8) is 0 Å². The maximum absolute atomic E-state index is 12.0. The molecule has 1 fully saturated rings. The van der Waals surface area contributed by atoms with Gasteiger partial charge in [-0.3, -0.25) is 4.79 Å². The van der Waals surface area contributed by atoms with Crippen LogP contribution in [-0.2, 0) is 0 Å². The van der Waals surface area contributed by atoms with Crippen LogP contribution in [0.4, 0.5) is 0 Å². The van der Waals surface area contributed by atoms with Crippen molar-refractivity contribution < 1.29 is 4.79 Å². The number of nitrogens with zero attached hydrogens (tertiary/aromatic N) is 1. The molecular weight excluding hydrogens is 248 g/mol. The topological polar surface area (TPSA) is 42.0 Å². The number of halogens is 1. The third-order valence-corrected chi connectivity index (χ3v) is 4.23. The normalized spacial score (nSPS) is 17.7. The quantitative estimate of drug-likeness (QED) is 0.849. The molecule has 0 bridgehead atoms. The lowest BCUT2D eigenvalue weighted by molar-refractivity contribution is 0.0928. The van der Waals surface area contributed by atoms with Gasteiger partial charge in [0.2, 0.25) is 0 Å². The number of hydrogen-bond donors (Lipinski definition) is 1. The van der Waals surface area contributed by atoms with E-state index in [0.717, 1.165) is 13.0 Å². The Kier molecular flexibility index (Phi) is 4.23. The van der Waals surface area contributed by atoms with Crippen molar-refractivity contribution in [3.05, 3.63) is 29.0 Å². The van der Waals surface area contributed by atoms with Crippen LogP contribution in [0.15, 0.2) is 18.3 Å². The molecule has 0 spiro atoms. The van der Waals surface area contributed by atoms with Crippen molar-refractivity contribution in [2.45, 2.75) is 39.0 Å². The van der Waals surface area contributed by atoms with Gasteiger partial charge in [0.1, 0.15) is 5.15 Å². The average molecular weight is 267 g/mol. The fourth-order valence-electron chi connectivity index (χ4n) is 2.69. The zero-order valence-electron chi connectivity index (χ0n) is 10.7. The largest absolute Gasteiger partial charge is 0.351 e. The fourth-order valence-corrected chi connectivity index (χ4v) is 2.87. The van der Waals surface area contributed by atoms with Gasteiger partial charge in [-0.05, 0) is 36.8 Å². The third-order valence-electron chi connectivity index (χ3n) is 4.03. The molecule has 0 unspecified atom stereocenters. The van der Waals surface area contributed by atoms with Gasteiger partial charge < -0.3 is 5.32 Å². The standard InChI is InChI=1S/C14H19ClN2O/c1-2-14(6-3-4-7-14)10-17-13(18)11-5-8-16-12(15)9-11/h5,8-9H,2-4,6-7,10H2,1H3,(H,17,18). The minimum Gasteiger partial charge on any atom is -0.351 e. The average Bonchev–Trinajstić information content (AvgIpc) is 2.85. The summed E-state index contributed by atoms with van der Waals surface area (Å²) in [5.41, 5.74) is 0.895. The monoisotopic (exact) mass is 266 g/mol. The van der Waals surface area contributed by atoms with E-state index in [1.54, 1.807) is 18.3 Å². The van der Waals surface area contributed by atoms with E-state index in [1.807, 2.05) is 0 Å². The van der Waals surface area contributed by atoms with E-state index in [4.69, 9.17) is 11.6 Å². The molecular formula is C14H19ClN2O. The van der Waals surface area contributed by atoms with Crippen LogP contribution in [0.2, 0.25) is 5.15 Å². The second kappa shape index (κ2) is 5.70. The summed E-state index contributed by atoms with van der Waals surface area (Å²) in [4.78, 5) is 15.9. The lowest BCUT2D eigenvalue weighted by Crippen LogP contribution is -2.35. The first kappa shape index (κ1) is 13.3. The van der Waals surface area contributed by atoms with E-state index in [-0.39, 0.29) is 5.91 Å². The lowest BCUT2D eigenvalue weighted by atomic mass is 9.83. The summed E-state index contributed by atoms with van der Waals surface area (Å²) in [5, 5.41) is 3.39. The number of aromatic nitrogens is 1. The molecule has 1 aromatic heterocycles. The van der Waals surface area contributed by atoms with E-state index < -0.39 is 0 Å². The van der Waals surface area contributed by atoms with E-state index in [1.165, 1.54) is 25.7 Å². The Morgan fingerprint density at radius 1 is 1.50 bits per heavy atom. The van der Waals surface area contributed by atoms with E-state index >= 15 is 0 Å². The van der Waals surface area contributed by atoms with Gasteiger partial charge in [0.15, 0.2) is 0 Å². The van der Waals surface area contributed by atoms with E-state index in [9.17, 15) is 4.79 Å². The van der Waals surface area contributed by atoms with Crippen LogP contribution in [0.5, 0.6) is 0 Å². The Labute approximate surface area is 113 Å². The van der Waals surface area contributed by atoms with Crippen LogP contribution in [0.25, 0.3) is 0 Å². The number of hydrogen-bond acceptors (Lipinski definition) is 2. The number of nitrogens with one attached hydrogen (secondary N) is 1. The van der Waals surface area contributed by atoms with Crippen molar-refractivity contribution in [2.24, 2.45) is 5.41 Å². The molecule has 1 aromatic rings. The minimum atomic E-state index is -0.0565. The number of rotatable bonds is 4. The molecule has 0 radical (unpaired) electrons. The molecule has 0 aromatic carbocycles. The van der Waals surface area contributed by atoms with Crippen molar-refractivity contribution in [2.75, 3.05) is 6.54 Å². The van der Waals surface area contributed by atoms with Gasteiger partial charge in [0.25, 0.3) is 5.91 Å². The van der Waals surface area contributed by atoms with Gasteiger partial charge in [0.05, 0.1) is 0 Å². The third kappa shape index (κ3) is 3.02. The Morgan fingerprint density at radius 2 is 2.22 bits per heavy atom. The first-order chi connectivity index (χ1) is 8.65. The highest BCUT2D eigenvalue weighted by Crippen LogP contribution is 2.40. The summed E-state index contributed by atoms with van der Waals surface area (Å²) in [6, 6.07) is 3.29. The van der Waals surface area contributed by atoms with Crippen LogP contribution in [0.3, 0.4) is 0 Å². The van der Waals surface area contributed by atoms with Crippen molar-refractivity contribution in [1.82, 2.24) is 10.3 Å². The predicted octanol–water partition coefficient (Wildman–Crippen LogP) is 3.44. The van der Waals surface area contributed by atoms with Gasteiger partial charge in [-0.25, -0.2) is 4.98 Å². The molecule has 0 atom stereocenters. The van der Waals surface area contributed by atoms with Crippen LogP contribution >= 0.6 is 11.6 Å². The van der Waals surface area contributed by atoms with Gasteiger partial charge >= 0.3 is 0 Å². The first-order valence-electron chi connectivity index (χ1n) is 6.55. The summed E-state index contributed by atoms with van der Waals surface area (Å²) in [6.07, 6.45) is 7.70. The van der Waals surface area contributed by atoms with Gasteiger partial charge in [-0.15, -0.1) is 0 Å². The van der Waals surface area contributed by atoms with Crippen LogP contribution in [0, 0.1) is 5.41 Å². The molecule has 1 aliphatic carbocycles. The summed E-state index contributed by atoms with van der Waals surface area (Å²) < 4.78 is 0. The molecule has 1 amide bonds. The van der Waals surface area contributed by atoms with E-state index in [2.05, 4.69) is 17.2 Å². The molecule has 18 heavy (non-hydrogen) atoms. The van der Waals surface area contributed by atoms with Gasteiger partial charge in [0, 0.05) is 18.3 Å². The maximum Gasteiger partial charge on any atom is 0.251 e. The molecule has 3 nitrogen and oxygen atoms in total. The molecule has 1 heterocycles. The van der Waals surface area contributed by atoms with Crippen molar-refractivity contribution >= 4 is 17.5 Å². The number of pyridine rings is 1. The smallest absolute Gasteiger partial charge is 0.251 e. The van der Waals surface area contributed by atoms with Crippen LogP contribution in [0.1, 0.15) is 49.4 Å². The molecule has 98 valence electrons. The van der Waals surface area contributed by atoms with Crippen LogP contribution < -0.4 is 5.32 Å². The zero-order chi connectivity index (χ0) is 13.0. The molecule has 0 aliphatic heterocycles. The SMILES string of the molecule is CCC1(CNC(=O)c2ccnc(Cl)c2)CCCC1. The van der Waals surface area contributed by atoms with Crippen molar-refractivity contribution in [3.8, 4) is 0 Å². The number of amides is 1. The molecule has 1 aliphatic rings. The highest BCUT2D eigenvalue weighted by atomic mass is 35.5. The molecule has 1 saturated carbocycles. The van der Waals surface area contributed by atoms with E-state index in [0.29, 0.717) is 16.1 Å². The summed E-state index contributed by atoms with van der Waals surface area (Å²) in [5.74, 6) is -0.0565. The highest BCUT2D eigenvalue weighted by Gasteiger charge is 2.32. The Balaban J connectivity index is 1.96. The van der Waals surface area contributed by atoms with Gasteiger partial charge in [-0.2, -0.15) is 0 Å². The second-order valence-corrected chi connectivity index (χ2v) is 5.50. The molecule has 4 heteroatoms. The Bertz CT molecular complexity index is 428. The predicted molar refractivity (Wildman–Crippen MR) is 72.8 cm³/mol. The Hall–Kier alpha value is -1.09. The number of carbonyl (C=O) groups is 1. The van der Waals surface area contributed by atoms with Crippen LogP contribution in [-0.4, -0.2) is 17.4 Å². The Morgan fingerprint density at radius 3 is 2.83 bits per heavy atom. The highest BCUT2D eigenvalue weighted by molar-refractivity contribution is 6.29. The minimum absolute atomic E-state index is 0.0565. The second-order valence-electron chi connectivity index (χ2n) is 5.11. The van der Waals surface area contributed by atoms with Gasteiger partial charge in [-0.1, -0.05) is 31.4 Å². The fraction of sp³-hybridized carbons (Fsp3) is 0.571. The molecule has 1 N–H and O–H groups in total. The number of carbonyl (C=O) groups excluding carboxylic acids is 1. The summed E-state index contributed by atoms with van der Waals surface area (Å²) in [7, 11) is 0. The zero-order valence-corrected chi connectivity index (χ0v) is 11.5. The summed E-state index contributed by atoms with van der Waals surface area (Å²) >= 11 is 5.78. The molecule has 2 rings (SSSR count).